The maximum absolute atomic E-state index is 5.43. The summed E-state index contributed by atoms with van der Waals surface area (Å²) in [5, 5.41) is 4.49. The van der Waals surface area contributed by atoms with Crippen LogP contribution in [0.2, 0.25) is 0 Å². The summed E-state index contributed by atoms with van der Waals surface area (Å²) in [6.45, 7) is 8.03. The molecule has 0 spiro atoms. The molecule has 5 heteroatoms. The largest absolute Gasteiger partial charge is 0.379 e. The minimum Gasteiger partial charge on any atom is -0.379 e. The third-order valence-corrected chi connectivity index (χ3v) is 4.41. The summed E-state index contributed by atoms with van der Waals surface area (Å²) < 4.78 is 7.29. The first-order valence-corrected chi connectivity index (χ1v) is 8.01. The Bertz CT molecular complexity index is 614. The molecule has 0 saturated carbocycles. The van der Waals surface area contributed by atoms with E-state index in [0.29, 0.717) is 6.04 Å². The molecule has 3 rings (SSSR count). The van der Waals surface area contributed by atoms with Crippen LogP contribution in [-0.4, -0.2) is 46.0 Å². The van der Waals surface area contributed by atoms with E-state index in [1.165, 1.54) is 5.56 Å². The minimum absolute atomic E-state index is 0.417. The van der Waals surface area contributed by atoms with Crippen molar-refractivity contribution in [2.75, 3.05) is 26.3 Å². The average Bonchev–Trinajstić information content (AvgIpc) is 2.96. The van der Waals surface area contributed by atoms with Crippen LogP contribution in [0.3, 0.4) is 0 Å². The van der Waals surface area contributed by atoms with E-state index in [-0.39, 0.29) is 0 Å². The van der Waals surface area contributed by atoms with Gasteiger partial charge in [-0.15, -0.1) is 0 Å². The number of hydrogen-bond donors (Lipinski definition) is 0. The summed E-state index contributed by atoms with van der Waals surface area (Å²) in [5.74, 6) is 1.82. The van der Waals surface area contributed by atoms with Gasteiger partial charge in [-0.05, 0) is 12.5 Å². The molecular formula is C17H24N4O. The minimum atomic E-state index is 0.417. The Morgan fingerprint density at radius 2 is 1.86 bits per heavy atom. The topological polar surface area (TPSA) is 43.2 Å². The van der Waals surface area contributed by atoms with Gasteiger partial charge >= 0.3 is 0 Å². The Hall–Kier alpha value is -1.72. The third kappa shape index (κ3) is 3.05. The third-order valence-electron chi connectivity index (χ3n) is 4.41. The van der Waals surface area contributed by atoms with Crippen LogP contribution in [0.25, 0.3) is 11.4 Å². The van der Waals surface area contributed by atoms with Gasteiger partial charge in [0.25, 0.3) is 0 Å². The van der Waals surface area contributed by atoms with Gasteiger partial charge in [0.05, 0.1) is 13.2 Å². The SMILES string of the molecule is CCc1nc(-c2ccc(C(C)N3CCOCC3)cc2)nn1C. The Balaban J connectivity index is 1.76. The molecule has 1 fully saturated rings. The van der Waals surface area contributed by atoms with Crippen molar-refractivity contribution in [1.82, 2.24) is 19.7 Å². The molecule has 1 unspecified atom stereocenters. The summed E-state index contributed by atoms with van der Waals surface area (Å²) in [7, 11) is 1.95. The van der Waals surface area contributed by atoms with Crippen LogP contribution in [0.4, 0.5) is 0 Å². The zero-order valence-corrected chi connectivity index (χ0v) is 13.6. The van der Waals surface area contributed by atoms with Gasteiger partial charge in [-0.2, -0.15) is 5.10 Å². The number of morpholine rings is 1. The molecule has 1 aromatic heterocycles. The van der Waals surface area contributed by atoms with Gasteiger partial charge in [0.2, 0.25) is 0 Å². The summed E-state index contributed by atoms with van der Waals surface area (Å²) >= 11 is 0. The second-order valence-corrected chi connectivity index (χ2v) is 5.78. The molecular weight excluding hydrogens is 276 g/mol. The van der Waals surface area contributed by atoms with Gasteiger partial charge in [-0.1, -0.05) is 31.2 Å². The number of benzene rings is 1. The number of aryl methyl sites for hydroxylation is 2. The van der Waals surface area contributed by atoms with Crippen molar-refractivity contribution in [2.24, 2.45) is 7.05 Å². The molecule has 2 heterocycles. The maximum Gasteiger partial charge on any atom is 0.181 e. The van der Waals surface area contributed by atoms with E-state index in [0.717, 1.165) is 49.9 Å². The predicted octanol–water partition coefficient (Wildman–Crippen LogP) is 2.44. The van der Waals surface area contributed by atoms with Crippen molar-refractivity contribution < 1.29 is 4.74 Å². The Morgan fingerprint density at radius 1 is 1.18 bits per heavy atom. The van der Waals surface area contributed by atoms with E-state index in [1.54, 1.807) is 0 Å². The van der Waals surface area contributed by atoms with E-state index < -0.39 is 0 Å². The van der Waals surface area contributed by atoms with Crippen molar-refractivity contribution in [3.8, 4) is 11.4 Å². The standard InChI is InChI=1S/C17H24N4O/c1-4-16-18-17(19-20(16)3)15-7-5-14(6-8-15)13(2)21-9-11-22-12-10-21/h5-8,13H,4,9-12H2,1-3H3. The molecule has 0 amide bonds. The van der Waals surface area contributed by atoms with E-state index in [1.807, 2.05) is 11.7 Å². The molecule has 22 heavy (non-hydrogen) atoms. The monoisotopic (exact) mass is 300 g/mol. The second kappa shape index (κ2) is 6.58. The van der Waals surface area contributed by atoms with Crippen LogP contribution >= 0.6 is 0 Å². The lowest BCUT2D eigenvalue weighted by Crippen LogP contribution is -2.37. The molecule has 1 atom stereocenters. The highest BCUT2D eigenvalue weighted by Gasteiger charge is 2.18. The van der Waals surface area contributed by atoms with Gasteiger partial charge < -0.3 is 4.74 Å². The predicted molar refractivity (Wildman–Crippen MR) is 86.6 cm³/mol. The highest BCUT2D eigenvalue weighted by molar-refractivity contribution is 5.55. The molecule has 5 nitrogen and oxygen atoms in total. The lowest BCUT2D eigenvalue weighted by Gasteiger charge is -2.32. The van der Waals surface area contributed by atoms with Gasteiger partial charge in [-0.3, -0.25) is 9.58 Å². The van der Waals surface area contributed by atoms with E-state index >= 15 is 0 Å². The number of nitrogens with zero attached hydrogens (tertiary/aromatic N) is 4. The van der Waals surface area contributed by atoms with E-state index in [4.69, 9.17) is 4.74 Å². The second-order valence-electron chi connectivity index (χ2n) is 5.78. The zero-order chi connectivity index (χ0) is 15.5. The fourth-order valence-electron chi connectivity index (χ4n) is 2.93. The first-order chi connectivity index (χ1) is 10.7. The molecule has 0 radical (unpaired) electrons. The van der Waals surface area contributed by atoms with Crippen LogP contribution in [0.1, 0.15) is 31.3 Å². The van der Waals surface area contributed by atoms with Crippen LogP contribution < -0.4 is 0 Å². The number of rotatable bonds is 4. The fraction of sp³-hybridized carbons (Fsp3) is 0.529. The molecule has 1 aliphatic rings. The zero-order valence-electron chi connectivity index (χ0n) is 13.6. The first kappa shape index (κ1) is 15.2. The Labute approximate surface area is 131 Å². The summed E-state index contributed by atoms with van der Waals surface area (Å²) in [4.78, 5) is 7.05. The smallest absolute Gasteiger partial charge is 0.181 e. The molecule has 0 bridgehead atoms. The number of ether oxygens (including phenoxy) is 1. The lowest BCUT2D eigenvalue weighted by atomic mass is 10.0. The van der Waals surface area contributed by atoms with Crippen LogP contribution in [0, 0.1) is 0 Å². The molecule has 1 aliphatic heterocycles. The average molecular weight is 300 g/mol. The first-order valence-electron chi connectivity index (χ1n) is 8.01. The van der Waals surface area contributed by atoms with Crippen molar-refractivity contribution in [2.45, 2.75) is 26.3 Å². The van der Waals surface area contributed by atoms with Crippen LogP contribution in [-0.2, 0) is 18.2 Å². The van der Waals surface area contributed by atoms with Gasteiger partial charge in [0.1, 0.15) is 5.82 Å². The summed E-state index contributed by atoms with van der Waals surface area (Å²) in [5.41, 5.74) is 2.41. The summed E-state index contributed by atoms with van der Waals surface area (Å²) in [6, 6.07) is 9.05. The Kier molecular flexibility index (Phi) is 4.55. The molecule has 118 valence electrons. The molecule has 0 N–H and O–H groups in total. The van der Waals surface area contributed by atoms with Crippen LogP contribution in [0.15, 0.2) is 24.3 Å². The lowest BCUT2D eigenvalue weighted by molar-refractivity contribution is 0.0198. The van der Waals surface area contributed by atoms with Gasteiger partial charge in [0, 0.05) is 38.2 Å². The quantitative estimate of drug-likeness (QED) is 0.870. The van der Waals surface area contributed by atoms with Crippen molar-refractivity contribution in [1.29, 1.82) is 0 Å². The molecule has 1 saturated heterocycles. The number of aromatic nitrogens is 3. The number of hydrogen-bond acceptors (Lipinski definition) is 4. The van der Waals surface area contributed by atoms with Gasteiger partial charge in [0.15, 0.2) is 5.82 Å². The van der Waals surface area contributed by atoms with Gasteiger partial charge in [-0.25, -0.2) is 4.98 Å². The highest BCUT2D eigenvalue weighted by Crippen LogP contribution is 2.24. The molecule has 1 aromatic carbocycles. The van der Waals surface area contributed by atoms with Crippen molar-refractivity contribution in [3.05, 3.63) is 35.7 Å². The molecule has 2 aromatic rings. The van der Waals surface area contributed by atoms with E-state index in [2.05, 4.69) is 53.1 Å². The summed E-state index contributed by atoms with van der Waals surface area (Å²) in [6.07, 6.45) is 0.898. The molecule has 0 aliphatic carbocycles. The Morgan fingerprint density at radius 3 is 2.45 bits per heavy atom. The maximum atomic E-state index is 5.43. The van der Waals surface area contributed by atoms with Crippen LogP contribution in [0.5, 0.6) is 0 Å². The van der Waals surface area contributed by atoms with E-state index in [9.17, 15) is 0 Å². The van der Waals surface area contributed by atoms with Crippen molar-refractivity contribution >= 4 is 0 Å². The highest BCUT2D eigenvalue weighted by atomic mass is 16.5. The normalized spacial score (nSPS) is 17.6. The van der Waals surface area contributed by atoms with Crippen molar-refractivity contribution in [3.63, 3.8) is 0 Å². The fourth-order valence-corrected chi connectivity index (χ4v) is 2.93.